The molecule has 0 aliphatic carbocycles. The lowest BCUT2D eigenvalue weighted by Crippen LogP contribution is -1.99. The van der Waals surface area contributed by atoms with Crippen molar-refractivity contribution >= 4 is 12.0 Å². The number of benzene rings is 1. The zero-order valence-electron chi connectivity index (χ0n) is 10.6. The van der Waals surface area contributed by atoms with E-state index in [1.807, 2.05) is 0 Å². The van der Waals surface area contributed by atoms with E-state index in [1.54, 1.807) is 19.1 Å². The zero-order chi connectivity index (χ0) is 13.5. The van der Waals surface area contributed by atoms with Crippen molar-refractivity contribution in [2.75, 3.05) is 20.8 Å². The van der Waals surface area contributed by atoms with Crippen LogP contribution in [0.3, 0.4) is 0 Å². The maximum atomic E-state index is 11.2. The third-order valence-electron chi connectivity index (χ3n) is 2.22. The number of aromatic hydroxyl groups is 1. The molecule has 5 heteroatoms. The van der Waals surface area contributed by atoms with E-state index < -0.39 is 5.97 Å². The van der Waals surface area contributed by atoms with Crippen molar-refractivity contribution in [2.45, 2.75) is 6.92 Å². The Morgan fingerprint density at radius 2 is 1.94 bits per heavy atom. The number of rotatable bonds is 5. The minimum Gasteiger partial charge on any atom is -0.504 e. The lowest BCUT2D eigenvalue weighted by Gasteiger charge is -2.11. The molecule has 0 fully saturated rings. The normalized spacial score (nSPS) is 10.4. The van der Waals surface area contributed by atoms with Crippen molar-refractivity contribution in [1.82, 2.24) is 0 Å². The van der Waals surface area contributed by atoms with Gasteiger partial charge in [0.2, 0.25) is 5.75 Å². The molecule has 0 heterocycles. The van der Waals surface area contributed by atoms with Crippen LogP contribution < -0.4 is 9.47 Å². The first-order valence-electron chi connectivity index (χ1n) is 5.42. The zero-order valence-corrected chi connectivity index (χ0v) is 10.6. The molecule has 0 bridgehead atoms. The SMILES string of the molecule is CCOC(=O)C=Cc1ccc(O)c(OC)c1OC. The Labute approximate surface area is 106 Å². The highest BCUT2D eigenvalue weighted by atomic mass is 16.5. The van der Waals surface area contributed by atoms with Crippen molar-refractivity contribution in [3.63, 3.8) is 0 Å². The smallest absolute Gasteiger partial charge is 0.330 e. The molecule has 1 aromatic carbocycles. The highest BCUT2D eigenvalue weighted by molar-refractivity contribution is 5.88. The van der Waals surface area contributed by atoms with Gasteiger partial charge >= 0.3 is 5.97 Å². The number of phenols is 1. The fourth-order valence-electron chi connectivity index (χ4n) is 1.45. The fraction of sp³-hybridized carbons (Fsp3) is 0.308. The maximum absolute atomic E-state index is 11.2. The number of ether oxygens (including phenoxy) is 3. The molecule has 1 rings (SSSR count). The van der Waals surface area contributed by atoms with Gasteiger partial charge in [0.15, 0.2) is 11.5 Å². The molecule has 1 aromatic rings. The van der Waals surface area contributed by atoms with Crippen LogP contribution in [0.4, 0.5) is 0 Å². The van der Waals surface area contributed by atoms with E-state index in [-0.39, 0.29) is 11.5 Å². The number of methoxy groups -OCH3 is 2. The van der Waals surface area contributed by atoms with Gasteiger partial charge in [-0.2, -0.15) is 0 Å². The summed E-state index contributed by atoms with van der Waals surface area (Å²) in [6.07, 6.45) is 2.83. The van der Waals surface area contributed by atoms with Crippen LogP contribution in [0, 0.1) is 0 Å². The second kappa shape index (κ2) is 6.54. The summed E-state index contributed by atoms with van der Waals surface area (Å²) in [5.74, 6) is 0.121. The van der Waals surface area contributed by atoms with Crippen LogP contribution in [0.25, 0.3) is 6.08 Å². The molecule has 18 heavy (non-hydrogen) atoms. The van der Waals surface area contributed by atoms with E-state index >= 15 is 0 Å². The molecule has 0 spiro atoms. The second-order valence-corrected chi connectivity index (χ2v) is 3.33. The summed E-state index contributed by atoms with van der Waals surface area (Å²) in [6.45, 7) is 2.05. The number of carbonyl (C=O) groups is 1. The number of esters is 1. The van der Waals surface area contributed by atoms with Gasteiger partial charge in [-0.15, -0.1) is 0 Å². The van der Waals surface area contributed by atoms with Crippen molar-refractivity contribution in [3.8, 4) is 17.2 Å². The average Bonchev–Trinajstić information content (AvgIpc) is 2.37. The summed E-state index contributed by atoms with van der Waals surface area (Å²) >= 11 is 0. The fourth-order valence-corrected chi connectivity index (χ4v) is 1.45. The van der Waals surface area contributed by atoms with E-state index in [2.05, 4.69) is 0 Å². The molecule has 0 unspecified atom stereocenters. The first kappa shape index (κ1) is 13.9. The van der Waals surface area contributed by atoms with Crippen molar-refractivity contribution in [2.24, 2.45) is 0 Å². The van der Waals surface area contributed by atoms with E-state index in [0.29, 0.717) is 17.9 Å². The van der Waals surface area contributed by atoms with Crippen LogP contribution in [0.2, 0.25) is 0 Å². The van der Waals surface area contributed by atoms with Gasteiger partial charge in [-0.05, 0) is 25.1 Å². The van der Waals surface area contributed by atoms with Crippen LogP contribution in [-0.4, -0.2) is 31.9 Å². The van der Waals surface area contributed by atoms with Gasteiger partial charge in [0.25, 0.3) is 0 Å². The van der Waals surface area contributed by atoms with Crippen molar-refractivity contribution < 1.29 is 24.1 Å². The molecule has 0 saturated carbocycles. The number of hydrogen-bond donors (Lipinski definition) is 1. The van der Waals surface area contributed by atoms with E-state index in [0.717, 1.165) is 0 Å². The van der Waals surface area contributed by atoms with Gasteiger partial charge < -0.3 is 19.3 Å². The minimum atomic E-state index is -0.438. The minimum absolute atomic E-state index is 0.0253. The lowest BCUT2D eigenvalue weighted by molar-refractivity contribution is -0.137. The third-order valence-corrected chi connectivity index (χ3v) is 2.22. The molecule has 5 nitrogen and oxygen atoms in total. The summed E-state index contributed by atoms with van der Waals surface area (Å²) in [5, 5.41) is 9.59. The molecule has 0 amide bonds. The van der Waals surface area contributed by atoms with Crippen LogP contribution in [-0.2, 0) is 9.53 Å². The molecule has 0 aliphatic heterocycles. The topological polar surface area (TPSA) is 65.0 Å². The average molecular weight is 252 g/mol. The van der Waals surface area contributed by atoms with Crippen LogP contribution in [0.5, 0.6) is 17.2 Å². The molecule has 0 aromatic heterocycles. The Morgan fingerprint density at radius 1 is 1.28 bits per heavy atom. The molecule has 0 saturated heterocycles. The van der Waals surface area contributed by atoms with Gasteiger partial charge in [-0.25, -0.2) is 4.79 Å². The monoisotopic (exact) mass is 252 g/mol. The Morgan fingerprint density at radius 3 is 2.50 bits per heavy atom. The van der Waals surface area contributed by atoms with Crippen LogP contribution in [0.1, 0.15) is 12.5 Å². The maximum Gasteiger partial charge on any atom is 0.330 e. The summed E-state index contributed by atoms with van der Waals surface area (Å²) in [4.78, 5) is 11.2. The Bertz CT molecular complexity index is 451. The van der Waals surface area contributed by atoms with Crippen molar-refractivity contribution in [3.05, 3.63) is 23.8 Å². The Hall–Kier alpha value is -2.17. The standard InChI is InChI=1S/C13H16O5/c1-4-18-11(15)8-6-9-5-7-10(14)13(17-3)12(9)16-2/h5-8,14H,4H2,1-3H3. The summed E-state index contributed by atoms with van der Waals surface area (Å²) in [7, 11) is 2.88. The van der Waals surface area contributed by atoms with Gasteiger partial charge in [0.1, 0.15) is 0 Å². The van der Waals surface area contributed by atoms with Gasteiger partial charge in [0.05, 0.1) is 20.8 Å². The Balaban J connectivity index is 3.06. The predicted molar refractivity (Wildman–Crippen MR) is 66.9 cm³/mol. The lowest BCUT2D eigenvalue weighted by atomic mass is 10.1. The van der Waals surface area contributed by atoms with Crippen molar-refractivity contribution in [1.29, 1.82) is 0 Å². The predicted octanol–water partition coefficient (Wildman–Crippen LogP) is 1.99. The molecule has 0 radical (unpaired) electrons. The van der Waals surface area contributed by atoms with Gasteiger partial charge in [0, 0.05) is 11.6 Å². The van der Waals surface area contributed by atoms with Gasteiger partial charge in [-0.3, -0.25) is 0 Å². The van der Waals surface area contributed by atoms with E-state index in [4.69, 9.17) is 14.2 Å². The van der Waals surface area contributed by atoms with E-state index in [9.17, 15) is 9.90 Å². The van der Waals surface area contributed by atoms with Crippen LogP contribution >= 0.6 is 0 Å². The number of phenolic OH excluding ortho intramolecular Hbond substituents is 1. The first-order valence-corrected chi connectivity index (χ1v) is 5.42. The van der Waals surface area contributed by atoms with Gasteiger partial charge in [-0.1, -0.05) is 0 Å². The highest BCUT2D eigenvalue weighted by Crippen LogP contribution is 2.39. The number of carbonyl (C=O) groups excluding carboxylic acids is 1. The Kier molecular flexibility index (Phi) is 5.05. The summed E-state index contributed by atoms with van der Waals surface area (Å²) in [6, 6.07) is 3.08. The molecular formula is C13H16O5. The highest BCUT2D eigenvalue weighted by Gasteiger charge is 2.12. The third kappa shape index (κ3) is 3.16. The van der Waals surface area contributed by atoms with E-state index in [1.165, 1.54) is 26.4 Å². The molecular weight excluding hydrogens is 236 g/mol. The molecule has 98 valence electrons. The second-order valence-electron chi connectivity index (χ2n) is 3.33. The molecule has 0 atom stereocenters. The quantitative estimate of drug-likeness (QED) is 0.641. The van der Waals surface area contributed by atoms with Crippen LogP contribution in [0.15, 0.2) is 18.2 Å². The molecule has 0 aliphatic rings. The number of hydrogen-bond acceptors (Lipinski definition) is 5. The summed E-state index contributed by atoms with van der Waals surface area (Å²) in [5.41, 5.74) is 0.611. The largest absolute Gasteiger partial charge is 0.504 e. The first-order chi connectivity index (χ1) is 8.63. The molecule has 1 N–H and O–H groups in total. The summed E-state index contributed by atoms with van der Waals surface area (Å²) < 4.78 is 15.0.